The molecule has 8 heteroatoms. The fourth-order valence-corrected chi connectivity index (χ4v) is 4.74. The van der Waals surface area contributed by atoms with Gasteiger partial charge in [-0.2, -0.15) is 5.10 Å². The van der Waals surface area contributed by atoms with Gasteiger partial charge in [0.15, 0.2) is 0 Å². The summed E-state index contributed by atoms with van der Waals surface area (Å²) in [6.45, 7) is 5.07. The van der Waals surface area contributed by atoms with Crippen molar-refractivity contribution in [2.75, 3.05) is 24.5 Å². The number of hydrogen-bond acceptors (Lipinski definition) is 5. The Labute approximate surface area is 186 Å². The summed E-state index contributed by atoms with van der Waals surface area (Å²) in [6.07, 6.45) is 5.33. The lowest BCUT2D eigenvalue weighted by Crippen LogP contribution is -2.38. The van der Waals surface area contributed by atoms with Crippen molar-refractivity contribution in [1.29, 1.82) is 0 Å². The van der Waals surface area contributed by atoms with Crippen LogP contribution >= 0.6 is 0 Å². The molecule has 0 radical (unpaired) electrons. The van der Waals surface area contributed by atoms with Crippen LogP contribution in [0.5, 0.6) is 0 Å². The Kier molecular flexibility index (Phi) is 5.59. The number of halogens is 1. The van der Waals surface area contributed by atoms with Crippen LogP contribution in [-0.4, -0.2) is 50.6 Å². The molecule has 3 aromatic rings. The molecule has 1 aromatic carbocycles. The first kappa shape index (κ1) is 20.6. The minimum absolute atomic E-state index is 0.00559. The van der Waals surface area contributed by atoms with Crippen molar-refractivity contribution in [2.45, 2.75) is 45.1 Å². The first-order chi connectivity index (χ1) is 15.6. The molecule has 1 saturated heterocycles. The fourth-order valence-electron chi connectivity index (χ4n) is 4.74. The maximum absolute atomic E-state index is 13.3. The van der Waals surface area contributed by atoms with Gasteiger partial charge in [0.2, 0.25) is 0 Å². The van der Waals surface area contributed by atoms with E-state index in [1.54, 1.807) is 12.3 Å². The van der Waals surface area contributed by atoms with Crippen molar-refractivity contribution in [2.24, 2.45) is 0 Å². The summed E-state index contributed by atoms with van der Waals surface area (Å²) in [5.74, 6) is 1.90. The zero-order valence-corrected chi connectivity index (χ0v) is 18.2. The van der Waals surface area contributed by atoms with E-state index < -0.39 is 0 Å². The zero-order chi connectivity index (χ0) is 22.1. The van der Waals surface area contributed by atoms with Crippen LogP contribution in [0.15, 0.2) is 36.5 Å². The molecule has 166 valence electrons. The summed E-state index contributed by atoms with van der Waals surface area (Å²) in [6, 6.07) is 8.40. The second-order valence-electron chi connectivity index (χ2n) is 8.66. The Bertz CT molecular complexity index is 1090. The van der Waals surface area contributed by atoms with Gasteiger partial charge in [-0.25, -0.2) is 14.4 Å². The Morgan fingerprint density at radius 1 is 1.12 bits per heavy atom. The second kappa shape index (κ2) is 8.68. The Morgan fingerprint density at radius 2 is 1.91 bits per heavy atom. The molecule has 0 saturated carbocycles. The van der Waals surface area contributed by atoms with Gasteiger partial charge in [0.1, 0.15) is 23.2 Å². The summed E-state index contributed by atoms with van der Waals surface area (Å²) in [7, 11) is 0. The highest BCUT2D eigenvalue weighted by Crippen LogP contribution is 2.33. The number of benzene rings is 1. The highest BCUT2D eigenvalue weighted by atomic mass is 19.1. The van der Waals surface area contributed by atoms with E-state index >= 15 is 0 Å². The minimum atomic E-state index is -0.217. The average Bonchev–Trinajstić information content (AvgIpc) is 3.36. The molecule has 1 amide bonds. The summed E-state index contributed by atoms with van der Waals surface area (Å²) >= 11 is 0. The molecule has 5 rings (SSSR count). The fraction of sp³-hybridized carbons (Fsp3) is 0.417. The standard InChI is InChI=1S/C24H27FN6O/c1-16-20-3-2-12-31(15-17-4-6-19(25)7-5-17)23(20)28-22(27-16)18-9-13-30(14-10-18)24(32)21-8-11-26-29-21/h4-8,11,18H,2-3,9-10,12-15H2,1H3,(H,26,29). The third-order valence-electron chi connectivity index (χ3n) is 6.53. The van der Waals surface area contributed by atoms with Crippen molar-refractivity contribution in [3.63, 3.8) is 0 Å². The summed E-state index contributed by atoms with van der Waals surface area (Å²) in [5, 5.41) is 6.63. The van der Waals surface area contributed by atoms with Crippen LogP contribution in [0, 0.1) is 12.7 Å². The molecule has 0 bridgehead atoms. The van der Waals surface area contributed by atoms with Crippen LogP contribution in [-0.2, 0) is 13.0 Å². The number of carbonyl (C=O) groups is 1. The Hall–Kier alpha value is -3.29. The maximum Gasteiger partial charge on any atom is 0.271 e. The maximum atomic E-state index is 13.3. The second-order valence-corrected chi connectivity index (χ2v) is 8.66. The van der Waals surface area contributed by atoms with Gasteiger partial charge in [0, 0.05) is 49.6 Å². The van der Waals surface area contributed by atoms with Crippen molar-refractivity contribution in [3.05, 3.63) is 70.7 Å². The van der Waals surface area contributed by atoms with E-state index in [0.717, 1.165) is 55.1 Å². The van der Waals surface area contributed by atoms with Crippen LogP contribution in [0.2, 0.25) is 0 Å². The molecule has 0 unspecified atom stereocenters. The number of nitrogens with one attached hydrogen (secondary N) is 1. The van der Waals surface area contributed by atoms with E-state index in [-0.39, 0.29) is 17.6 Å². The Morgan fingerprint density at radius 3 is 2.62 bits per heavy atom. The summed E-state index contributed by atoms with van der Waals surface area (Å²) in [5.41, 5.74) is 3.86. The number of aromatic amines is 1. The van der Waals surface area contributed by atoms with Gasteiger partial charge in [0.05, 0.1) is 0 Å². The SMILES string of the molecule is Cc1nc(C2CCN(C(=O)c3ccn[nH]3)CC2)nc2c1CCCN2Cc1ccc(F)cc1. The lowest BCUT2D eigenvalue weighted by molar-refractivity contribution is 0.0705. The molecule has 7 nitrogen and oxygen atoms in total. The van der Waals surface area contributed by atoms with Gasteiger partial charge in [-0.1, -0.05) is 12.1 Å². The van der Waals surface area contributed by atoms with Crippen molar-refractivity contribution in [3.8, 4) is 0 Å². The van der Waals surface area contributed by atoms with E-state index in [4.69, 9.17) is 9.97 Å². The van der Waals surface area contributed by atoms with Crippen molar-refractivity contribution < 1.29 is 9.18 Å². The van der Waals surface area contributed by atoms with Crippen LogP contribution in [0.25, 0.3) is 0 Å². The van der Waals surface area contributed by atoms with Gasteiger partial charge < -0.3 is 9.80 Å². The van der Waals surface area contributed by atoms with Gasteiger partial charge in [0.25, 0.3) is 5.91 Å². The molecular weight excluding hydrogens is 407 g/mol. The molecule has 2 aromatic heterocycles. The summed E-state index contributed by atoms with van der Waals surface area (Å²) < 4.78 is 13.3. The first-order valence-corrected chi connectivity index (χ1v) is 11.2. The molecule has 1 fully saturated rings. The summed E-state index contributed by atoms with van der Waals surface area (Å²) in [4.78, 5) is 26.7. The number of rotatable bonds is 4. The minimum Gasteiger partial charge on any atom is -0.352 e. The van der Waals surface area contributed by atoms with E-state index in [0.29, 0.717) is 25.3 Å². The molecule has 2 aliphatic rings. The van der Waals surface area contributed by atoms with E-state index in [9.17, 15) is 9.18 Å². The smallest absolute Gasteiger partial charge is 0.271 e. The highest BCUT2D eigenvalue weighted by Gasteiger charge is 2.29. The number of H-pyrrole nitrogens is 1. The molecule has 4 heterocycles. The lowest BCUT2D eigenvalue weighted by atomic mass is 9.94. The van der Waals surface area contributed by atoms with Crippen molar-refractivity contribution >= 4 is 11.7 Å². The number of nitrogens with zero attached hydrogens (tertiary/aromatic N) is 5. The van der Waals surface area contributed by atoms with Crippen LogP contribution < -0.4 is 4.90 Å². The zero-order valence-electron chi connectivity index (χ0n) is 18.2. The van der Waals surface area contributed by atoms with Crippen LogP contribution in [0.1, 0.15) is 58.3 Å². The topological polar surface area (TPSA) is 78.0 Å². The predicted octanol–water partition coefficient (Wildman–Crippen LogP) is 3.62. The van der Waals surface area contributed by atoms with Crippen LogP contribution in [0.4, 0.5) is 10.2 Å². The number of aryl methyl sites for hydroxylation is 1. The van der Waals surface area contributed by atoms with Gasteiger partial charge >= 0.3 is 0 Å². The number of carbonyl (C=O) groups excluding carboxylic acids is 1. The predicted molar refractivity (Wildman–Crippen MR) is 119 cm³/mol. The third kappa shape index (κ3) is 4.09. The number of hydrogen-bond donors (Lipinski definition) is 1. The molecule has 1 N–H and O–H groups in total. The van der Waals surface area contributed by atoms with Gasteiger partial charge in [-0.3, -0.25) is 9.89 Å². The highest BCUT2D eigenvalue weighted by molar-refractivity contribution is 5.92. The number of aromatic nitrogens is 4. The Balaban J connectivity index is 1.33. The monoisotopic (exact) mass is 434 g/mol. The van der Waals surface area contributed by atoms with Crippen molar-refractivity contribution in [1.82, 2.24) is 25.1 Å². The molecule has 0 atom stereocenters. The number of fused-ring (bicyclic) bond motifs is 1. The quantitative estimate of drug-likeness (QED) is 0.679. The molecule has 32 heavy (non-hydrogen) atoms. The molecular formula is C24H27FN6O. The lowest BCUT2D eigenvalue weighted by Gasteiger charge is -2.34. The first-order valence-electron chi connectivity index (χ1n) is 11.2. The largest absolute Gasteiger partial charge is 0.352 e. The van der Waals surface area contributed by atoms with E-state index in [1.807, 2.05) is 17.0 Å². The number of piperidine rings is 1. The van der Waals surface area contributed by atoms with E-state index in [1.165, 1.54) is 17.7 Å². The average molecular weight is 435 g/mol. The molecule has 0 spiro atoms. The van der Waals surface area contributed by atoms with Gasteiger partial charge in [-0.05, 0) is 56.4 Å². The van der Waals surface area contributed by atoms with E-state index in [2.05, 4.69) is 22.0 Å². The number of anilines is 1. The number of amides is 1. The number of likely N-dealkylation sites (tertiary alicyclic amines) is 1. The van der Waals surface area contributed by atoms with Crippen LogP contribution in [0.3, 0.4) is 0 Å². The normalized spacial score (nSPS) is 16.8. The molecule has 0 aliphatic carbocycles. The molecule has 2 aliphatic heterocycles. The third-order valence-corrected chi connectivity index (χ3v) is 6.53. The van der Waals surface area contributed by atoms with Gasteiger partial charge in [-0.15, -0.1) is 0 Å².